The quantitative estimate of drug-likeness (QED) is 0.557. The van der Waals surface area contributed by atoms with Crippen LogP contribution >= 0.6 is 11.3 Å². The van der Waals surface area contributed by atoms with E-state index in [0.29, 0.717) is 11.3 Å². The predicted octanol–water partition coefficient (Wildman–Crippen LogP) is 4.10. The molecule has 124 valence electrons. The number of benzene rings is 1. The molecule has 0 aliphatic heterocycles. The van der Waals surface area contributed by atoms with Gasteiger partial charge in [-0.3, -0.25) is 0 Å². The van der Waals surface area contributed by atoms with Crippen LogP contribution < -0.4 is 0 Å². The smallest absolute Gasteiger partial charge is 0.153 e. The molecule has 0 unspecified atom stereocenters. The second-order valence-corrected chi connectivity index (χ2v) is 6.46. The summed E-state index contributed by atoms with van der Waals surface area (Å²) in [6.45, 7) is 1.85. The van der Waals surface area contributed by atoms with Crippen molar-refractivity contribution in [1.29, 1.82) is 0 Å². The molecule has 0 saturated carbocycles. The van der Waals surface area contributed by atoms with E-state index >= 15 is 0 Å². The predicted molar refractivity (Wildman–Crippen MR) is 97.5 cm³/mol. The summed E-state index contributed by atoms with van der Waals surface area (Å²) in [6.07, 6.45) is 7.24. The average molecular weight is 351 g/mol. The molecule has 3 heterocycles. The van der Waals surface area contributed by atoms with E-state index in [-0.39, 0.29) is 5.82 Å². The summed E-state index contributed by atoms with van der Waals surface area (Å²) in [5.74, 6) is 0.856. The van der Waals surface area contributed by atoms with Crippen LogP contribution in [0.4, 0.5) is 4.39 Å². The van der Waals surface area contributed by atoms with E-state index in [1.165, 1.54) is 6.07 Å². The Hall–Kier alpha value is -2.93. The van der Waals surface area contributed by atoms with Crippen LogP contribution in [0, 0.1) is 12.7 Å². The minimum absolute atomic E-state index is 0.331. The van der Waals surface area contributed by atoms with Gasteiger partial charge >= 0.3 is 0 Å². The Balaban J connectivity index is 1.71. The van der Waals surface area contributed by atoms with Crippen LogP contribution in [0.2, 0.25) is 0 Å². The van der Waals surface area contributed by atoms with Crippen LogP contribution in [0.25, 0.3) is 33.8 Å². The largest absolute Gasteiger partial charge is 0.334 e. The number of nitrogens with zero attached hydrogens (tertiary/aromatic N) is 5. The Bertz CT molecular complexity index is 1080. The molecule has 0 spiro atoms. The molecule has 3 aromatic heterocycles. The van der Waals surface area contributed by atoms with Crippen molar-refractivity contribution in [3.05, 3.63) is 59.1 Å². The number of aryl methyl sites for hydroxylation is 2. The first-order chi connectivity index (χ1) is 12.1. The molecule has 0 saturated heterocycles. The SMILES string of the molecule is Cc1nc(C=Cc2nc(-c3nccs3)cn2C)nc2c(F)cccc12. The van der Waals surface area contributed by atoms with E-state index in [2.05, 4.69) is 19.9 Å². The van der Waals surface area contributed by atoms with Crippen molar-refractivity contribution in [3.8, 4) is 10.7 Å². The van der Waals surface area contributed by atoms with E-state index in [9.17, 15) is 4.39 Å². The highest BCUT2D eigenvalue weighted by Crippen LogP contribution is 2.22. The number of rotatable bonds is 3. The first kappa shape index (κ1) is 15.6. The van der Waals surface area contributed by atoms with Gasteiger partial charge in [-0.05, 0) is 25.1 Å². The van der Waals surface area contributed by atoms with Crippen molar-refractivity contribution in [2.45, 2.75) is 6.92 Å². The van der Waals surface area contributed by atoms with Gasteiger partial charge in [-0.25, -0.2) is 24.3 Å². The van der Waals surface area contributed by atoms with E-state index < -0.39 is 0 Å². The highest BCUT2D eigenvalue weighted by molar-refractivity contribution is 7.13. The molecule has 0 atom stereocenters. The molecule has 0 fully saturated rings. The molecule has 0 aliphatic rings. The molecule has 1 aromatic carbocycles. The lowest BCUT2D eigenvalue weighted by molar-refractivity contribution is 0.636. The Labute approximate surface area is 147 Å². The molecule has 25 heavy (non-hydrogen) atoms. The first-order valence-corrected chi connectivity index (χ1v) is 8.54. The number of fused-ring (bicyclic) bond motifs is 1. The van der Waals surface area contributed by atoms with Gasteiger partial charge in [-0.1, -0.05) is 12.1 Å². The molecule has 4 aromatic rings. The number of imidazole rings is 1. The molecule has 0 amide bonds. The summed E-state index contributed by atoms with van der Waals surface area (Å²) >= 11 is 1.54. The van der Waals surface area contributed by atoms with Crippen molar-refractivity contribution in [3.63, 3.8) is 0 Å². The zero-order valence-corrected chi connectivity index (χ0v) is 14.5. The van der Waals surface area contributed by atoms with Crippen LogP contribution in [-0.2, 0) is 7.05 Å². The molecule has 0 radical (unpaired) electrons. The fraction of sp³-hybridized carbons (Fsp3) is 0.111. The fourth-order valence-corrected chi connectivity index (χ4v) is 3.20. The van der Waals surface area contributed by atoms with Crippen LogP contribution in [-0.4, -0.2) is 24.5 Å². The molecular formula is C18H14FN5S. The summed E-state index contributed by atoms with van der Waals surface area (Å²) in [4.78, 5) is 17.6. The van der Waals surface area contributed by atoms with Crippen molar-refractivity contribution in [1.82, 2.24) is 24.5 Å². The van der Waals surface area contributed by atoms with E-state index in [0.717, 1.165) is 27.6 Å². The lowest BCUT2D eigenvalue weighted by atomic mass is 10.2. The van der Waals surface area contributed by atoms with Crippen LogP contribution in [0.5, 0.6) is 0 Å². The zero-order chi connectivity index (χ0) is 17.4. The minimum atomic E-state index is -0.347. The average Bonchev–Trinajstić information content (AvgIpc) is 3.24. The zero-order valence-electron chi connectivity index (χ0n) is 13.6. The molecule has 0 N–H and O–H groups in total. The highest BCUT2D eigenvalue weighted by atomic mass is 32.1. The van der Waals surface area contributed by atoms with Gasteiger partial charge in [0, 0.05) is 35.9 Å². The Kier molecular flexibility index (Phi) is 3.85. The second kappa shape index (κ2) is 6.18. The maximum absolute atomic E-state index is 14.0. The maximum Gasteiger partial charge on any atom is 0.153 e. The summed E-state index contributed by atoms with van der Waals surface area (Å²) in [7, 11) is 1.91. The second-order valence-electron chi connectivity index (χ2n) is 5.57. The molecule has 5 nitrogen and oxygen atoms in total. The van der Waals surface area contributed by atoms with Gasteiger partial charge in [-0.2, -0.15) is 0 Å². The summed E-state index contributed by atoms with van der Waals surface area (Å²) in [6, 6.07) is 4.89. The third kappa shape index (κ3) is 2.94. The van der Waals surface area contributed by atoms with Gasteiger partial charge in [0.15, 0.2) is 5.82 Å². The lowest BCUT2D eigenvalue weighted by Crippen LogP contribution is -1.96. The summed E-state index contributed by atoms with van der Waals surface area (Å²) < 4.78 is 15.9. The van der Waals surface area contributed by atoms with Gasteiger partial charge in [0.25, 0.3) is 0 Å². The van der Waals surface area contributed by atoms with Gasteiger partial charge in [-0.15, -0.1) is 11.3 Å². The lowest BCUT2D eigenvalue weighted by Gasteiger charge is -2.03. The van der Waals surface area contributed by atoms with Gasteiger partial charge in [0.1, 0.15) is 27.9 Å². The van der Waals surface area contributed by atoms with Crippen molar-refractivity contribution >= 4 is 34.4 Å². The Morgan fingerprint density at radius 1 is 1.16 bits per heavy atom. The molecule has 4 rings (SSSR count). The Morgan fingerprint density at radius 3 is 2.84 bits per heavy atom. The topological polar surface area (TPSA) is 56.5 Å². The monoisotopic (exact) mass is 351 g/mol. The fourth-order valence-electron chi connectivity index (χ4n) is 2.60. The van der Waals surface area contributed by atoms with Crippen molar-refractivity contribution in [2.75, 3.05) is 0 Å². The van der Waals surface area contributed by atoms with Gasteiger partial charge in [0.2, 0.25) is 0 Å². The molecular weight excluding hydrogens is 337 g/mol. The number of halogens is 1. The first-order valence-electron chi connectivity index (χ1n) is 7.66. The third-order valence-electron chi connectivity index (χ3n) is 3.83. The third-order valence-corrected chi connectivity index (χ3v) is 4.63. The van der Waals surface area contributed by atoms with E-state index in [1.807, 2.05) is 42.3 Å². The molecule has 0 bridgehead atoms. The standard InChI is InChI=1S/C18H14FN5S/c1-11-12-4-3-5-13(19)17(12)23-15(21-11)6-7-16-22-14(10-24(16)2)18-20-8-9-25-18/h3-10H,1-2H3. The number of hydrogen-bond acceptors (Lipinski definition) is 5. The van der Waals surface area contributed by atoms with Gasteiger partial charge < -0.3 is 4.57 Å². The number of aromatic nitrogens is 5. The number of para-hydroxylation sites is 1. The summed E-state index contributed by atoms with van der Waals surface area (Å²) in [5, 5.41) is 3.51. The molecule has 7 heteroatoms. The van der Waals surface area contributed by atoms with E-state index in [4.69, 9.17) is 0 Å². The number of thiazole rings is 1. The molecule has 0 aliphatic carbocycles. The van der Waals surface area contributed by atoms with Crippen LogP contribution in [0.1, 0.15) is 17.3 Å². The van der Waals surface area contributed by atoms with Crippen molar-refractivity contribution < 1.29 is 4.39 Å². The highest BCUT2D eigenvalue weighted by Gasteiger charge is 2.09. The minimum Gasteiger partial charge on any atom is -0.334 e. The Morgan fingerprint density at radius 2 is 2.04 bits per heavy atom. The number of hydrogen-bond donors (Lipinski definition) is 0. The summed E-state index contributed by atoms with van der Waals surface area (Å²) in [5.41, 5.74) is 1.89. The van der Waals surface area contributed by atoms with Crippen molar-refractivity contribution in [2.24, 2.45) is 7.05 Å². The maximum atomic E-state index is 14.0. The van der Waals surface area contributed by atoms with Crippen LogP contribution in [0.3, 0.4) is 0 Å². The van der Waals surface area contributed by atoms with E-state index in [1.54, 1.807) is 29.7 Å². The van der Waals surface area contributed by atoms with Gasteiger partial charge in [0.05, 0.1) is 0 Å². The van der Waals surface area contributed by atoms with Crippen LogP contribution in [0.15, 0.2) is 36.0 Å². The normalized spacial score (nSPS) is 11.6.